The summed E-state index contributed by atoms with van der Waals surface area (Å²) in [7, 11) is 1.83. The number of ether oxygens (including phenoxy) is 2. The predicted octanol–water partition coefficient (Wildman–Crippen LogP) is 3.47. The number of hydrogen-bond donors (Lipinski definition) is 1. The van der Waals surface area contributed by atoms with E-state index in [1.165, 1.54) is 37.2 Å². The van der Waals surface area contributed by atoms with Crippen molar-refractivity contribution in [3.05, 3.63) is 0 Å². The van der Waals surface area contributed by atoms with E-state index in [1.54, 1.807) is 0 Å². The fourth-order valence-electron chi connectivity index (χ4n) is 3.62. The molecule has 1 spiro atoms. The van der Waals surface area contributed by atoms with Crippen molar-refractivity contribution < 1.29 is 9.47 Å². The molecule has 2 rings (SSSR count). The Morgan fingerprint density at radius 2 is 2.29 bits per heavy atom. The Morgan fingerprint density at radius 1 is 1.48 bits per heavy atom. The molecule has 1 N–H and O–H groups in total. The lowest BCUT2D eigenvalue weighted by molar-refractivity contribution is -0.0910. The van der Waals surface area contributed by atoms with Gasteiger partial charge in [0.05, 0.1) is 11.2 Å². The molecule has 0 bridgehead atoms. The first-order valence-corrected chi connectivity index (χ1v) is 9.66. The molecule has 0 aromatic heterocycles. The quantitative estimate of drug-likeness (QED) is 0.779. The Morgan fingerprint density at radius 3 is 2.90 bits per heavy atom. The average Bonchev–Trinajstić information content (AvgIpc) is 2.91. The summed E-state index contributed by atoms with van der Waals surface area (Å²) in [5.74, 6) is 3.18. The monoisotopic (exact) mass is 315 g/mol. The molecule has 124 valence electrons. The largest absolute Gasteiger partial charge is 0.379 e. The van der Waals surface area contributed by atoms with Crippen LogP contribution in [0, 0.1) is 5.92 Å². The van der Waals surface area contributed by atoms with Gasteiger partial charge in [-0.25, -0.2) is 0 Å². The number of hydrogen-bond acceptors (Lipinski definition) is 4. The minimum atomic E-state index is -0.0543. The Hall–Kier alpha value is 0.230. The van der Waals surface area contributed by atoms with E-state index in [2.05, 4.69) is 37.8 Å². The molecule has 0 aromatic carbocycles. The minimum Gasteiger partial charge on any atom is -0.379 e. The maximum absolute atomic E-state index is 6.19. The molecule has 21 heavy (non-hydrogen) atoms. The first-order valence-electron chi connectivity index (χ1n) is 8.50. The van der Waals surface area contributed by atoms with Crippen molar-refractivity contribution >= 4 is 11.8 Å². The molecule has 0 saturated carbocycles. The van der Waals surface area contributed by atoms with Crippen LogP contribution in [0.25, 0.3) is 0 Å². The van der Waals surface area contributed by atoms with Gasteiger partial charge in [0.15, 0.2) is 0 Å². The third-order valence-electron chi connectivity index (χ3n) is 5.09. The van der Waals surface area contributed by atoms with Gasteiger partial charge >= 0.3 is 0 Å². The SMILES string of the molecule is CCCNC(CC(C)(C)OC)C1CCOC2(CCSC2)C1. The molecule has 2 aliphatic rings. The normalized spacial score (nSPS) is 31.7. The van der Waals surface area contributed by atoms with Crippen molar-refractivity contribution in [1.29, 1.82) is 0 Å². The fourth-order valence-corrected chi connectivity index (χ4v) is 5.00. The maximum atomic E-state index is 6.19. The molecule has 2 fully saturated rings. The van der Waals surface area contributed by atoms with Crippen LogP contribution in [0.2, 0.25) is 0 Å². The summed E-state index contributed by atoms with van der Waals surface area (Å²) in [6.45, 7) is 8.68. The van der Waals surface area contributed by atoms with Gasteiger partial charge < -0.3 is 14.8 Å². The second-order valence-corrected chi connectivity index (χ2v) is 8.42. The van der Waals surface area contributed by atoms with Gasteiger partial charge in [-0.1, -0.05) is 6.92 Å². The van der Waals surface area contributed by atoms with E-state index in [0.717, 1.165) is 25.5 Å². The van der Waals surface area contributed by atoms with Crippen molar-refractivity contribution in [2.75, 3.05) is 31.8 Å². The third kappa shape index (κ3) is 4.85. The summed E-state index contributed by atoms with van der Waals surface area (Å²) in [6.07, 6.45) is 5.92. The molecule has 2 saturated heterocycles. The van der Waals surface area contributed by atoms with E-state index in [4.69, 9.17) is 9.47 Å². The minimum absolute atomic E-state index is 0.0543. The number of rotatable bonds is 7. The van der Waals surface area contributed by atoms with Gasteiger partial charge in [0.1, 0.15) is 0 Å². The Kier molecular flexibility index (Phi) is 6.42. The lowest BCUT2D eigenvalue weighted by atomic mass is 9.78. The maximum Gasteiger partial charge on any atom is 0.0783 e. The summed E-state index contributed by atoms with van der Waals surface area (Å²) in [4.78, 5) is 0. The molecule has 3 nitrogen and oxygen atoms in total. The molecule has 2 aliphatic heterocycles. The van der Waals surface area contributed by atoms with Gasteiger partial charge in [0, 0.05) is 25.5 Å². The number of nitrogens with one attached hydrogen (secondary N) is 1. The molecule has 3 unspecified atom stereocenters. The van der Waals surface area contributed by atoms with Crippen LogP contribution in [0.4, 0.5) is 0 Å². The van der Waals surface area contributed by atoms with Crippen LogP contribution in [0.5, 0.6) is 0 Å². The standard InChI is InChI=1S/C17H33NO2S/c1-5-8-18-15(12-16(2,3)19-4)14-6-9-20-17(11-14)7-10-21-13-17/h14-15,18H,5-13H2,1-4H3. The van der Waals surface area contributed by atoms with Crippen LogP contribution in [0.15, 0.2) is 0 Å². The van der Waals surface area contributed by atoms with E-state index in [-0.39, 0.29) is 11.2 Å². The summed E-state index contributed by atoms with van der Waals surface area (Å²) in [6, 6.07) is 0.547. The summed E-state index contributed by atoms with van der Waals surface area (Å²) >= 11 is 2.06. The van der Waals surface area contributed by atoms with Crippen molar-refractivity contribution in [2.45, 2.75) is 70.1 Å². The number of methoxy groups -OCH3 is 1. The van der Waals surface area contributed by atoms with Gasteiger partial charge in [0.2, 0.25) is 0 Å². The third-order valence-corrected chi connectivity index (χ3v) is 6.31. The molecule has 0 aliphatic carbocycles. The molecule has 3 atom stereocenters. The fraction of sp³-hybridized carbons (Fsp3) is 1.00. The van der Waals surface area contributed by atoms with Crippen LogP contribution in [0.1, 0.15) is 52.9 Å². The zero-order valence-electron chi connectivity index (χ0n) is 14.2. The Balaban J connectivity index is 2.00. The summed E-state index contributed by atoms with van der Waals surface area (Å²) in [5, 5.41) is 3.79. The summed E-state index contributed by atoms with van der Waals surface area (Å²) < 4.78 is 11.9. The van der Waals surface area contributed by atoms with Crippen LogP contribution in [0.3, 0.4) is 0 Å². The lowest BCUT2D eigenvalue weighted by Crippen LogP contribution is -2.49. The molecule has 0 radical (unpaired) electrons. The van der Waals surface area contributed by atoms with Gasteiger partial charge in [-0.2, -0.15) is 11.8 Å². The van der Waals surface area contributed by atoms with Crippen LogP contribution in [-0.4, -0.2) is 49.0 Å². The highest BCUT2D eigenvalue weighted by molar-refractivity contribution is 7.99. The number of thioether (sulfide) groups is 1. The lowest BCUT2D eigenvalue weighted by Gasteiger charge is -2.43. The van der Waals surface area contributed by atoms with E-state index in [1.807, 2.05) is 7.11 Å². The van der Waals surface area contributed by atoms with Crippen LogP contribution < -0.4 is 5.32 Å². The molecule has 0 aromatic rings. The van der Waals surface area contributed by atoms with Gasteiger partial charge in [-0.05, 0) is 64.2 Å². The molecule has 0 amide bonds. The smallest absolute Gasteiger partial charge is 0.0783 e. The van der Waals surface area contributed by atoms with E-state index >= 15 is 0 Å². The second-order valence-electron chi connectivity index (χ2n) is 7.32. The second kappa shape index (κ2) is 7.67. The summed E-state index contributed by atoms with van der Waals surface area (Å²) in [5.41, 5.74) is 0.123. The zero-order valence-corrected chi connectivity index (χ0v) is 15.1. The molecule has 4 heteroatoms. The highest BCUT2D eigenvalue weighted by atomic mass is 32.2. The van der Waals surface area contributed by atoms with Crippen molar-refractivity contribution in [1.82, 2.24) is 5.32 Å². The first kappa shape index (κ1) is 17.6. The highest BCUT2D eigenvalue weighted by Crippen LogP contribution is 2.42. The van der Waals surface area contributed by atoms with E-state index in [0.29, 0.717) is 6.04 Å². The molecular formula is C17H33NO2S. The van der Waals surface area contributed by atoms with Gasteiger partial charge in [0.25, 0.3) is 0 Å². The topological polar surface area (TPSA) is 30.5 Å². The van der Waals surface area contributed by atoms with Crippen molar-refractivity contribution in [3.63, 3.8) is 0 Å². The van der Waals surface area contributed by atoms with Crippen molar-refractivity contribution in [3.8, 4) is 0 Å². The van der Waals surface area contributed by atoms with Crippen LogP contribution in [-0.2, 0) is 9.47 Å². The van der Waals surface area contributed by atoms with Crippen molar-refractivity contribution in [2.24, 2.45) is 5.92 Å². The highest BCUT2D eigenvalue weighted by Gasteiger charge is 2.43. The van der Waals surface area contributed by atoms with Gasteiger partial charge in [-0.15, -0.1) is 0 Å². The average molecular weight is 316 g/mol. The molecule has 2 heterocycles. The molecular weight excluding hydrogens is 282 g/mol. The van der Waals surface area contributed by atoms with Gasteiger partial charge in [-0.3, -0.25) is 0 Å². The zero-order chi connectivity index (χ0) is 15.3. The van der Waals surface area contributed by atoms with Crippen LogP contribution >= 0.6 is 11.8 Å². The Labute approximate surface area is 134 Å². The first-order chi connectivity index (χ1) is 10.0. The Bertz CT molecular complexity index is 316. The van der Waals surface area contributed by atoms with E-state index in [9.17, 15) is 0 Å². The predicted molar refractivity (Wildman–Crippen MR) is 91.1 cm³/mol. The van der Waals surface area contributed by atoms with E-state index < -0.39 is 0 Å².